The summed E-state index contributed by atoms with van der Waals surface area (Å²) in [5, 5.41) is 0. The van der Waals surface area contributed by atoms with Crippen LogP contribution in [-0.2, 0) is 0 Å². The van der Waals surface area contributed by atoms with Crippen molar-refractivity contribution in [3.8, 4) is 0 Å². The molecule has 2 heteroatoms. The Morgan fingerprint density at radius 1 is 1.33 bits per heavy atom. The summed E-state index contributed by atoms with van der Waals surface area (Å²) in [5.41, 5.74) is 1.90. The Morgan fingerprint density at radius 2 is 1.93 bits per heavy atom. The van der Waals surface area contributed by atoms with E-state index in [0.717, 1.165) is 17.7 Å². The van der Waals surface area contributed by atoms with Gasteiger partial charge in [-0.15, -0.1) is 11.8 Å². The highest BCUT2D eigenvalue weighted by Gasteiger charge is 2.09. The van der Waals surface area contributed by atoms with Gasteiger partial charge in [0.05, 0.1) is 0 Å². The lowest BCUT2D eigenvalue weighted by atomic mass is 10.1. The fraction of sp³-hybridized carbons (Fsp3) is 0.308. The van der Waals surface area contributed by atoms with E-state index in [4.69, 9.17) is 0 Å². The van der Waals surface area contributed by atoms with E-state index in [9.17, 15) is 4.79 Å². The van der Waals surface area contributed by atoms with Crippen molar-refractivity contribution < 1.29 is 4.79 Å². The van der Waals surface area contributed by atoms with Gasteiger partial charge in [0.1, 0.15) is 0 Å². The molecule has 0 unspecified atom stereocenters. The first-order valence-electron chi connectivity index (χ1n) is 5.08. The average Bonchev–Trinajstić information content (AvgIpc) is 2.26. The van der Waals surface area contributed by atoms with Crippen LogP contribution < -0.4 is 0 Å². The van der Waals surface area contributed by atoms with Crippen molar-refractivity contribution in [1.29, 1.82) is 0 Å². The number of ketones is 1. The third kappa shape index (κ3) is 3.56. The Morgan fingerprint density at radius 3 is 2.47 bits per heavy atom. The maximum Gasteiger partial charge on any atom is 0.198 e. The predicted molar refractivity (Wildman–Crippen MR) is 67.4 cm³/mol. The number of hydrogen-bond acceptors (Lipinski definition) is 2. The fourth-order valence-corrected chi connectivity index (χ4v) is 1.86. The third-order valence-corrected chi connectivity index (χ3v) is 3.19. The second-order valence-corrected chi connectivity index (χ2v) is 4.66. The molecule has 0 bridgehead atoms. The molecule has 0 heterocycles. The summed E-state index contributed by atoms with van der Waals surface area (Å²) in [5.74, 6) is 1.00. The molecule has 15 heavy (non-hydrogen) atoms. The molecule has 1 nitrogen and oxygen atoms in total. The SMILES string of the molecule is C=C(SCCC)C(=O)c1ccc(C)cc1. The minimum Gasteiger partial charge on any atom is -0.288 e. The van der Waals surface area contributed by atoms with E-state index in [0.29, 0.717) is 4.91 Å². The van der Waals surface area contributed by atoms with Crippen LogP contribution in [0.1, 0.15) is 29.3 Å². The predicted octanol–water partition coefficient (Wildman–Crippen LogP) is 3.83. The first-order valence-corrected chi connectivity index (χ1v) is 6.06. The summed E-state index contributed by atoms with van der Waals surface area (Å²) in [7, 11) is 0. The molecule has 0 saturated carbocycles. The summed E-state index contributed by atoms with van der Waals surface area (Å²) < 4.78 is 0. The van der Waals surface area contributed by atoms with Gasteiger partial charge in [0.15, 0.2) is 5.78 Å². The zero-order valence-electron chi connectivity index (χ0n) is 9.25. The summed E-state index contributed by atoms with van der Waals surface area (Å²) >= 11 is 1.54. The molecule has 0 aliphatic rings. The molecule has 0 amide bonds. The summed E-state index contributed by atoms with van der Waals surface area (Å²) in [6.45, 7) is 7.91. The van der Waals surface area contributed by atoms with Gasteiger partial charge in [-0.1, -0.05) is 43.3 Å². The fourth-order valence-electron chi connectivity index (χ4n) is 1.16. The summed E-state index contributed by atoms with van der Waals surface area (Å²) in [6.07, 6.45) is 1.06. The highest BCUT2D eigenvalue weighted by atomic mass is 32.2. The van der Waals surface area contributed by atoms with Gasteiger partial charge in [-0.05, 0) is 19.1 Å². The molecular weight excluding hydrogens is 204 g/mol. The molecule has 0 aliphatic carbocycles. The lowest BCUT2D eigenvalue weighted by molar-refractivity contribution is 0.104. The normalized spacial score (nSPS) is 10.0. The van der Waals surface area contributed by atoms with Gasteiger partial charge in [-0.2, -0.15) is 0 Å². The van der Waals surface area contributed by atoms with Gasteiger partial charge in [-0.25, -0.2) is 0 Å². The molecule has 0 fully saturated rings. The number of Topliss-reactive ketones (excluding diaryl/α,β-unsaturated/α-hetero) is 1. The Bertz CT molecular complexity index is 351. The lowest BCUT2D eigenvalue weighted by Crippen LogP contribution is -2.00. The van der Waals surface area contributed by atoms with Gasteiger partial charge in [0.25, 0.3) is 0 Å². The molecule has 0 aromatic heterocycles. The van der Waals surface area contributed by atoms with Crippen molar-refractivity contribution in [3.63, 3.8) is 0 Å². The first-order chi connectivity index (χ1) is 7.15. The Hall–Kier alpha value is -1.02. The molecule has 1 rings (SSSR count). The third-order valence-electron chi connectivity index (χ3n) is 2.05. The van der Waals surface area contributed by atoms with Crippen molar-refractivity contribution in [3.05, 3.63) is 46.9 Å². The maximum atomic E-state index is 11.8. The van der Waals surface area contributed by atoms with E-state index in [1.165, 1.54) is 17.3 Å². The summed E-state index contributed by atoms with van der Waals surface area (Å²) in [6, 6.07) is 7.61. The van der Waals surface area contributed by atoms with E-state index in [1.54, 1.807) is 0 Å². The van der Waals surface area contributed by atoms with Crippen LogP contribution in [0.15, 0.2) is 35.7 Å². The largest absolute Gasteiger partial charge is 0.288 e. The molecule has 0 radical (unpaired) electrons. The van der Waals surface area contributed by atoms with Crippen molar-refractivity contribution >= 4 is 17.5 Å². The average molecular weight is 220 g/mol. The standard InChI is InChI=1S/C13H16OS/c1-4-9-15-11(3)13(14)12-7-5-10(2)6-8-12/h5-8H,3-4,9H2,1-2H3. The van der Waals surface area contributed by atoms with Crippen LogP contribution in [0.5, 0.6) is 0 Å². The number of allylic oxidation sites excluding steroid dienone is 1. The number of rotatable bonds is 5. The zero-order valence-corrected chi connectivity index (χ0v) is 10.1. The number of carbonyl (C=O) groups is 1. The van der Waals surface area contributed by atoms with Crippen molar-refractivity contribution in [2.45, 2.75) is 20.3 Å². The van der Waals surface area contributed by atoms with Crippen LogP contribution in [0.2, 0.25) is 0 Å². The van der Waals surface area contributed by atoms with E-state index in [2.05, 4.69) is 13.5 Å². The van der Waals surface area contributed by atoms with Crippen molar-refractivity contribution in [2.24, 2.45) is 0 Å². The molecule has 0 atom stereocenters. The minimum atomic E-state index is 0.0495. The number of aryl methyl sites for hydroxylation is 1. The lowest BCUT2D eigenvalue weighted by Gasteiger charge is -2.03. The van der Waals surface area contributed by atoms with Crippen LogP contribution in [0.3, 0.4) is 0 Å². The second-order valence-electron chi connectivity index (χ2n) is 3.47. The highest BCUT2D eigenvalue weighted by molar-refractivity contribution is 8.04. The van der Waals surface area contributed by atoms with Gasteiger partial charge in [0.2, 0.25) is 0 Å². The number of thioether (sulfide) groups is 1. The van der Waals surface area contributed by atoms with Crippen LogP contribution >= 0.6 is 11.8 Å². The zero-order chi connectivity index (χ0) is 11.3. The van der Waals surface area contributed by atoms with Crippen molar-refractivity contribution in [1.82, 2.24) is 0 Å². The monoisotopic (exact) mass is 220 g/mol. The van der Waals surface area contributed by atoms with Crippen LogP contribution in [0.25, 0.3) is 0 Å². The molecule has 0 aliphatic heterocycles. The quantitative estimate of drug-likeness (QED) is 0.554. The van der Waals surface area contributed by atoms with E-state index in [1.807, 2.05) is 31.2 Å². The Balaban J connectivity index is 2.68. The number of carbonyl (C=O) groups excluding carboxylic acids is 1. The molecule has 1 aromatic rings. The first kappa shape index (κ1) is 12.1. The maximum absolute atomic E-state index is 11.8. The number of hydrogen-bond donors (Lipinski definition) is 0. The van der Waals surface area contributed by atoms with Crippen LogP contribution in [0.4, 0.5) is 0 Å². The minimum absolute atomic E-state index is 0.0495. The van der Waals surface area contributed by atoms with Gasteiger partial charge in [-0.3, -0.25) is 4.79 Å². The van der Waals surface area contributed by atoms with Crippen molar-refractivity contribution in [2.75, 3.05) is 5.75 Å². The Kier molecular flexibility index (Phi) is 4.63. The highest BCUT2D eigenvalue weighted by Crippen LogP contribution is 2.19. The van der Waals surface area contributed by atoms with Gasteiger partial charge < -0.3 is 0 Å². The molecule has 0 spiro atoms. The van der Waals surface area contributed by atoms with Gasteiger partial charge in [0, 0.05) is 10.5 Å². The molecule has 1 aromatic carbocycles. The van der Waals surface area contributed by atoms with Gasteiger partial charge >= 0.3 is 0 Å². The molecular formula is C13H16OS. The van der Waals surface area contributed by atoms with E-state index >= 15 is 0 Å². The number of benzene rings is 1. The van der Waals surface area contributed by atoms with Crippen LogP contribution in [-0.4, -0.2) is 11.5 Å². The molecule has 0 N–H and O–H groups in total. The molecule has 0 saturated heterocycles. The Labute approximate surface area is 95.6 Å². The second kappa shape index (κ2) is 5.76. The van der Waals surface area contributed by atoms with E-state index < -0.39 is 0 Å². The van der Waals surface area contributed by atoms with Crippen LogP contribution in [0, 0.1) is 6.92 Å². The topological polar surface area (TPSA) is 17.1 Å². The molecule has 80 valence electrons. The smallest absolute Gasteiger partial charge is 0.198 e. The van der Waals surface area contributed by atoms with E-state index in [-0.39, 0.29) is 5.78 Å². The summed E-state index contributed by atoms with van der Waals surface area (Å²) in [4.78, 5) is 12.5.